The van der Waals surface area contributed by atoms with Crippen LogP contribution in [-0.2, 0) is 11.2 Å². The van der Waals surface area contributed by atoms with E-state index in [-0.39, 0.29) is 5.91 Å². The zero-order chi connectivity index (χ0) is 15.2. The predicted octanol–water partition coefficient (Wildman–Crippen LogP) is 3.35. The van der Waals surface area contributed by atoms with Crippen LogP contribution in [0.3, 0.4) is 0 Å². The highest BCUT2D eigenvalue weighted by Crippen LogP contribution is 2.27. The molecule has 22 heavy (non-hydrogen) atoms. The second kappa shape index (κ2) is 7.43. The Morgan fingerprint density at radius 3 is 2.95 bits per heavy atom. The minimum Gasteiger partial charge on any atom is -0.356 e. The molecule has 0 saturated heterocycles. The number of amides is 1. The van der Waals surface area contributed by atoms with Gasteiger partial charge in [-0.25, -0.2) is 4.98 Å². The molecular weight excluding hydrogens is 274 g/mol. The van der Waals surface area contributed by atoms with Gasteiger partial charge < -0.3 is 9.72 Å². The number of carbonyl (C=O) groups is 1. The largest absolute Gasteiger partial charge is 0.356 e. The van der Waals surface area contributed by atoms with Crippen LogP contribution in [0.2, 0.25) is 0 Å². The standard InChI is InChI=1S/C18H25N3O/c22-18(10-9-15-6-2-1-3-7-15)19-12-11-16-14-21-13-5-4-8-17(21)20-16/h4-5,8,13-15H,1-3,6-7,9-12H2,(H,19,22). The lowest BCUT2D eigenvalue weighted by Gasteiger charge is -2.20. The SMILES string of the molecule is O=C(CCC1CCCCC1)NCCc1cn2ccccc2n1. The molecule has 1 N–H and O–H groups in total. The van der Waals surface area contributed by atoms with E-state index >= 15 is 0 Å². The number of pyridine rings is 1. The van der Waals surface area contributed by atoms with Crippen LogP contribution < -0.4 is 5.32 Å². The Labute approximate surface area is 131 Å². The third-order valence-corrected chi connectivity index (χ3v) is 4.62. The van der Waals surface area contributed by atoms with Crippen molar-refractivity contribution in [3.05, 3.63) is 36.3 Å². The van der Waals surface area contributed by atoms with E-state index in [1.165, 1.54) is 32.1 Å². The first-order valence-corrected chi connectivity index (χ1v) is 8.50. The summed E-state index contributed by atoms with van der Waals surface area (Å²) in [6, 6.07) is 5.97. The quantitative estimate of drug-likeness (QED) is 0.889. The Hall–Kier alpha value is -1.84. The highest BCUT2D eigenvalue weighted by molar-refractivity contribution is 5.75. The van der Waals surface area contributed by atoms with Crippen molar-refractivity contribution in [1.82, 2.24) is 14.7 Å². The highest BCUT2D eigenvalue weighted by atomic mass is 16.1. The number of imidazole rings is 1. The van der Waals surface area contributed by atoms with Crippen molar-refractivity contribution in [2.45, 2.75) is 51.4 Å². The average molecular weight is 299 g/mol. The van der Waals surface area contributed by atoms with E-state index < -0.39 is 0 Å². The van der Waals surface area contributed by atoms with Crippen molar-refractivity contribution in [1.29, 1.82) is 0 Å². The fourth-order valence-corrected chi connectivity index (χ4v) is 3.34. The van der Waals surface area contributed by atoms with Gasteiger partial charge in [0.25, 0.3) is 0 Å². The molecule has 0 spiro atoms. The summed E-state index contributed by atoms with van der Waals surface area (Å²) in [5.41, 5.74) is 1.99. The first-order chi connectivity index (χ1) is 10.8. The average Bonchev–Trinajstić information content (AvgIpc) is 2.96. The molecule has 2 aromatic heterocycles. The molecule has 1 amide bonds. The van der Waals surface area contributed by atoms with E-state index in [0.29, 0.717) is 13.0 Å². The first kappa shape index (κ1) is 15.1. The smallest absolute Gasteiger partial charge is 0.220 e. The van der Waals surface area contributed by atoms with Gasteiger partial charge in [0.15, 0.2) is 0 Å². The minimum absolute atomic E-state index is 0.189. The molecule has 0 aromatic carbocycles. The van der Waals surface area contributed by atoms with Gasteiger partial charge in [-0.15, -0.1) is 0 Å². The van der Waals surface area contributed by atoms with Crippen LogP contribution in [-0.4, -0.2) is 21.8 Å². The lowest BCUT2D eigenvalue weighted by atomic mass is 9.86. The molecule has 4 nitrogen and oxygen atoms in total. The van der Waals surface area contributed by atoms with Crippen LogP contribution in [0.25, 0.3) is 5.65 Å². The van der Waals surface area contributed by atoms with Gasteiger partial charge in [-0.2, -0.15) is 0 Å². The highest BCUT2D eigenvalue weighted by Gasteiger charge is 2.14. The predicted molar refractivity (Wildman–Crippen MR) is 87.7 cm³/mol. The van der Waals surface area contributed by atoms with Crippen LogP contribution in [0.4, 0.5) is 0 Å². The zero-order valence-electron chi connectivity index (χ0n) is 13.1. The fourth-order valence-electron chi connectivity index (χ4n) is 3.34. The number of hydrogen-bond acceptors (Lipinski definition) is 2. The Morgan fingerprint density at radius 1 is 1.27 bits per heavy atom. The topological polar surface area (TPSA) is 46.4 Å². The van der Waals surface area contributed by atoms with Gasteiger partial charge in [0.05, 0.1) is 5.69 Å². The Balaban J connectivity index is 1.37. The molecule has 1 aliphatic rings. The lowest BCUT2D eigenvalue weighted by Crippen LogP contribution is -2.26. The summed E-state index contributed by atoms with van der Waals surface area (Å²) in [4.78, 5) is 16.5. The number of fused-ring (bicyclic) bond motifs is 1. The van der Waals surface area contributed by atoms with Crippen molar-refractivity contribution in [2.24, 2.45) is 5.92 Å². The van der Waals surface area contributed by atoms with Gasteiger partial charge in [-0.05, 0) is 24.5 Å². The summed E-state index contributed by atoms with van der Waals surface area (Å²) in [7, 11) is 0. The van der Waals surface area contributed by atoms with E-state index in [1.807, 2.05) is 35.0 Å². The van der Waals surface area contributed by atoms with E-state index in [9.17, 15) is 4.79 Å². The van der Waals surface area contributed by atoms with Gasteiger partial charge >= 0.3 is 0 Å². The fraction of sp³-hybridized carbons (Fsp3) is 0.556. The summed E-state index contributed by atoms with van der Waals surface area (Å²) >= 11 is 0. The van der Waals surface area contributed by atoms with Crippen molar-refractivity contribution in [2.75, 3.05) is 6.54 Å². The maximum absolute atomic E-state index is 11.9. The molecule has 1 aliphatic carbocycles. The number of rotatable bonds is 6. The number of nitrogens with zero attached hydrogens (tertiary/aromatic N) is 2. The molecular formula is C18H25N3O. The van der Waals surface area contributed by atoms with E-state index in [4.69, 9.17) is 0 Å². The number of aromatic nitrogens is 2. The van der Waals surface area contributed by atoms with Crippen LogP contribution in [0.5, 0.6) is 0 Å². The van der Waals surface area contributed by atoms with Crippen molar-refractivity contribution in [3.63, 3.8) is 0 Å². The van der Waals surface area contributed by atoms with E-state index in [1.54, 1.807) is 0 Å². The molecule has 2 aromatic rings. The molecule has 3 rings (SSSR count). The van der Waals surface area contributed by atoms with Gasteiger partial charge in [0.1, 0.15) is 5.65 Å². The molecule has 0 bridgehead atoms. The molecule has 2 heterocycles. The van der Waals surface area contributed by atoms with Crippen molar-refractivity contribution < 1.29 is 4.79 Å². The Morgan fingerprint density at radius 2 is 2.14 bits per heavy atom. The zero-order valence-corrected chi connectivity index (χ0v) is 13.1. The summed E-state index contributed by atoms with van der Waals surface area (Å²) in [6.45, 7) is 0.674. The van der Waals surface area contributed by atoms with Crippen LogP contribution in [0.1, 0.15) is 50.6 Å². The minimum atomic E-state index is 0.189. The Kier molecular flexibility index (Phi) is 5.09. The maximum atomic E-state index is 11.9. The van der Waals surface area contributed by atoms with E-state index in [0.717, 1.165) is 30.1 Å². The molecule has 1 fully saturated rings. The third-order valence-electron chi connectivity index (χ3n) is 4.62. The normalized spacial score (nSPS) is 16.0. The van der Waals surface area contributed by atoms with Gasteiger partial charge in [-0.3, -0.25) is 4.79 Å². The van der Waals surface area contributed by atoms with Crippen LogP contribution in [0, 0.1) is 5.92 Å². The van der Waals surface area contributed by atoms with E-state index in [2.05, 4.69) is 10.3 Å². The first-order valence-electron chi connectivity index (χ1n) is 8.50. The monoisotopic (exact) mass is 299 g/mol. The number of hydrogen-bond donors (Lipinski definition) is 1. The van der Waals surface area contributed by atoms with Gasteiger partial charge in [-0.1, -0.05) is 38.2 Å². The molecule has 4 heteroatoms. The summed E-state index contributed by atoms with van der Waals surface area (Å²) in [5.74, 6) is 0.965. The molecule has 118 valence electrons. The summed E-state index contributed by atoms with van der Waals surface area (Å²) in [6.07, 6.45) is 13.2. The molecule has 0 atom stereocenters. The Bertz CT molecular complexity index is 581. The number of nitrogens with one attached hydrogen (secondary N) is 1. The van der Waals surface area contributed by atoms with Crippen molar-refractivity contribution >= 4 is 11.6 Å². The van der Waals surface area contributed by atoms with Gasteiger partial charge in [0, 0.05) is 31.8 Å². The van der Waals surface area contributed by atoms with Crippen LogP contribution >= 0.6 is 0 Å². The molecule has 0 aliphatic heterocycles. The summed E-state index contributed by atoms with van der Waals surface area (Å²) < 4.78 is 2.01. The second-order valence-electron chi connectivity index (χ2n) is 6.34. The van der Waals surface area contributed by atoms with Crippen molar-refractivity contribution in [3.8, 4) is 0 Å². The molecule has 0 radical (unpaired) electrons. The molecule has 1 saturated carbocycles. The second-order valence-corrected chi connectivity index (χ2v) is 6.34. The van der Waals surface area contributed by atoms with Gasteiger partial charge in [0.2, 0.25) is 5.91 Å². The van der Waals surface area contributed by atoms with Crippen LogP contribution in [0.15, 0.2) is 30.6 Å². The lowest BCUT2D eigenvalue weighted by molar-refractivity contribution is -0.121. The number of carbonyl (C=O) groups excluding carboxylic acids is 1. The maximum Gasteiger partial charge on any atom is 0.220 e. The third kappa shape index (κ3) is 4.09. The molecule has 0 unspecified atom stereocenters. The summed E-state index contributed by atoms with van der Waals surface area (Å²) in [5, 5.41) is 3.03.